The Bertz CT molecular complexity index is 1180. The molecule has 0 unspecified atom stereocenters. The van der Waals surface area contributed by atoms with Crippen LogP contribution in [0.15, 0.2) is 61.1 Å². The summed E-state index contributed by atoms with van der Waals surface area (Å²) in [5.41, 5.74) is 5.15. The topological polar surface area (TPSA) is 32.0 Å². The Morgan fingerprint density at radius 2 is 2.00 bits per heavy atom. The molecule has 2 aromatic carbocycles. The highest BCUT2D eigenvalue weighted by atomic mass is 35.5. The van der Waals surface area contributed by atoms with E-state index in [9.17, 15) is 0 Å². The van der Waals surface area contributed by atoms with Crippen molar-refractivity contribution in [1.29, 1.82) is 0 Å². The maximum atomic E-state index is 6.32. The van der Waals surface area contributed by atoms with Crippen LogP contribution in [0.2, 0.25) is 5.02 Å². The lowest BCUT2D eigenvalue weighted by Crippen LogP contribution is -2.02. The molecule has 0 spiro atoms. The van der Waals surface area contributed by atoms with Crippen molar-refractivity contribution in [3.63, 3.8) is 0 Å². The van der Waals surface area contributed by atoms with Gasteiger partial charge < -0.3 is 9.30 Å². The Morgan fingerprint density at radius 1 is 1.14 bits per heavy atom. The zero-order valence-electron chi connectivity index (χ0n) is 16.4. The molecular weight excluding hydrogens is 402 g/mol. The van der Waals surface area contributed by atoms with Crippen LogP contribution < -0.4 is 0 Å². The molecule has 0 N–H and O–H groups in total. The highest BCUT2D eigenvalue weighted by Crippen LogP contribution is 2.34. The van der Waals surface area contributed by atoms with Gasteiger partial charge in [0, 0.05) is 40.5 Å². The molecule has 0 bridgehead atoms. The fourth-order valence-electron chi connectivity index (χ4n) is 3.50. The van der Waals surface area contributed by atoms with E-state index in [-0.39, 0.29) is 0 Å². The van der Waals surface area contributed by atoms with Gasteiger partial charge in [-0.05, 0) is 49.3 Å². The molecule has 4 aromatic rings. The Morgan fingerprint density at radius 3 is 2.79 bits per heavy atom. The van der Waals surface area contributed by atoms with E-state index in [1.165, 1.54) is 0 Å². The van der Waals surface area contributed by atoms with Crippen LogP contribution in [0.5, 0.6) is 0 Å². The van der Waals surface area contributed by atoms with E-state index in [0.717, 1.165) is 46.2 Å². The lowest BCUT2D eigenvalue weighted by Gasteiger charge is -2.07. The number of hydrogen-bond donors (Lipinski definition) is 0. The standard InChI is InChI=1S/C23H22ClN3OS/c1-3-10-26-14-19(13-25-26)27-15-21(20-9-8-18(24)12-22(20)27)16-6-5-7-17(11-16)23(29)28-4-2/h5-9,11-15H,3-4,10H2,1-2H3. The minimum atomic E-state index is 0.516. The molecule has 0 fully saturated rings. The van der Waals surface area contributed by atoms with Gasteiger partial charge in [0.25, 0.3) is 0 Å². The minimum absolute atomic E-state index is 0.516. The van der Waals surface area contributed by atoms with Gasteiger partial charge in [-0.25, -0.2) is 0 Å². The molecule has 4 nitrogen and oxygen atoms in total. The quantitative estimate of drug-likeness (QED) is 0.342. The molecule has 0 saturated heterocycles. The first-order valence-electron chi connectivity index (χ1n) is 9.71. The van der Waals surface area contributed by atoms with Gasteiger partial charge in [0.2, 0.25) is 0 Å². The van der Waals surface area contributed by atoms with E-state index in [0.29, 0.717) is 16.7 Å². The minimum Gasteiger partial charge on any atom is -0.483 e. The van der Waals surface area contributed by atoms with Crippen molar-refractivity contribution in [2.75, 3.05) is 6.61 Å². The molecular formula is C23H22ClN3OS. The van der Waals surface area contributed by atoms with Gasteiger partial charge in [0.15, 0.2) is 5.05 Å². The van der Waals surface area contributed by atoms with Gasteiger partial charge in [0.05, 0.1) is 24.0 Å². The molecule has 29 heavy (non-hydrogen) atoms. The van der Waals surface area contributed by atoms with E-state index in [1.807, 2.05) is 42.1 Å². The second-order valence-corrected chi connectivity index (χ2v) is 7.64. The third kappa shape index (κ3) is 3.93. The Balaban J connectivity index is 1.86. The van der Waals surface area contributed by atoms with Crippen LogP contribution in [0, 0.1) is 0 Å². The number of nitrogens with zero attached hydrogens (tertiary/aromatic N) is 3. The first kappa shape index (κ1) is 19.7. The van der Waals surface area contributed by atoms with E-state index < -0.39 is 0 Å². The summed E-state index contributed by atoms with van der Waals surface area (Å²) in [5.74, 6) is 0. The molecule has 0 atom stereocenters. The summed E-state index contributed by atoms with van der Waals surface area (Å²) >= 11 is 11.7. The van der Waals surface area contributed by atoms with Crippen molar-refractivity contribution in [2.24, 2.45) is 0 Å². The summed E-state index contributed by atoms with van der Waals surface area (Å²) in [4.78, 5) is 0. The average Bonchev–Trinajstić information content (AvgIpc) is 3.33. The van der Waals surface area contributed by atoms with Crippen LogP contribution in [-0.2, 0) is 11.3 Å². The van der Waals surface area contributed by atoms with E-state index in [4.69, 9.17) is 28.6 Å². The molecule has 4 rings (SSSR count). The number of aromatic nitrogens is 3. The summed E-state index contributed by atoms with van der Waals surface area (Å²) in [6, 6.07) is 14.1. The van der Waals surface area contributed by atoms with Gasteiger partial charge in [-0.15, -0.1) is 0 Å². The lowest BCUT2D eigenvalue weighted by molar-refractivity contribution is 0.337. The summed E-state index contributed by atoms with van der Waals surface area (Å²) in [6.07, 6.45) is 7.13. The smallest absolute Gasteiger partial charge is 0.191 e. The first-order valence-corrected chi connectivity index (χ1v) is 10.5. The summed E-state index contributed by atoms with van der Waals surface area (Å²) < 4.78 is 9.63. The van der Waals surface area contributed by atoms with E-state index >= 15 is 0 Å². The molecule has 6 heteroatoms. The predicted octanol–water partition coefficient (Wildman–Crippen LogP) is 6.27. The van der Waals surface area contributed by atoms with Gasteiger partial charge in [-0.3, -0.25) is 4.68 Å². The normalized spacial score (nSPS) is 11.1. The summed E-state index contributed by atoms with van der Waals surface area (Å²) in [5, 5.41) is 6.82. The van der Waals surface area contributed by atoms with Crippen molar-refractivity contribution >= 4 is 39.8 Å². The van der Waals surface area contributed by atoms with E-state index in [2.05, 4.69) is 47.2 Å². The molecule has 0 aliphatic rings. The number of benzene rings is 2. The lowest BCUT2D eigenvalue weighted by atomic mass is 10.0. The number of ether oxygens (including phenoxy) is 1. The Labute approximate surface area is 180 Å². The fourth-order valence-corrected chi connectivity index (χ4v) is 3.91. The maximum absolute atomic E-state index is 6.32. The molecule has 2 aromatic heterocycles. The predicted molar refractivity (Wildman–Crippen MR) is 123 cm³/mol. The van der Waals surface area contributed by atoms with Crippen LogP contribution in [0.3, 0.4) is 0 Å². The number of halogens is 1. The second kappa shape index (κ2) is 8.39. The highest BCUT2D eigenvalue weighted by molar-refractivity contribution is 7.80. The van der Waals surface area contributed by atoms with Gasteiger partial charge in [-0.1, -0.05) is 42.8 Å². The van der Waals surface area contributed by atoms with Crippen molar-refractivity contribution in [3.05, 3.63) is 71.6 Å². The van der Waals surface area contributed by atoms with Gasteiger partial charge in [0.1, 0.15) is 0 Å². The first-order chi connectivity index (χ1) is 14.1. The Hall–Kier alpha value is -2.63. The van der Waals surface area contributed by atoms with Crippen LogP contribution >= 0.6 is 23.8 Å². The zero-order valence-corrected chi connectivity index (χ0v) is 18.0. The monoisotopic (exact) mass is 423 g/mol. The molecule has 0 radical (unpaired) electrons. The van der Waals surface area contributed by atoms with Crippen LogP contribution in [0.1, 0.15) is 25.8 Å². The number of rotatable bonds is 6. The van der Waals surface area contributed by atoms with Crippen molar-refractivity contribution < 1.29 is 4.74 Å². The number of fused-ring (bicyclic) bond motifs is 1. The number of aryl methyl sites for hydroxylation is 1. The SMILES string of the molecule is CCCn1cc(-n2cc(-c3cccc(C(=S)OCC)c3)c3ccc(Cl)cc32)cn1. The van der Waals surface area contributed by atoms with Crippen LogP contribution in [-0.4, -0.2) is 26.0 Å². The highest BCUT2D eigenvalue weighted by Gasteiger charge is 2.14. The maximum Gasteiger partial charge on any atom is 0.191 e. The average molecular weight is 424 g/mol. The number of hydrogen-bond acceptors (Lipinski definition) is 3. The van der Waals surface area contributed by atoms with Gasteiger partial charge >= 0.3 is 0 Å². The molecule has 0 amide bonds. The Kier molecular flexibility index (Phi) is 5.69. The van der Waals surface area contributed by atoms with Crippen LogP contribution in [0.25, 0.3) is 27.7 Å². The number of thiocarbonyl (C=S) groups is 1. The zero-order chi connectivity index (χ0) is 20.4. The molecule has 0 aliphatic carbocycles. The fraction of sp³-hybridized carbons (Fsp3) is 0.217. The summed E-state index contributed by atoms with van der Waals surface area (Å²) in [7, 11) is 0. The molecule has 148 valence electrons. The van der Waals surface area contributed by atoms with Crippen molar-refractivity contribution in [3.8, 4) is 16.8 Å². The van der Waals surface area contributed by atoms with Crippen molar-refractivity contribution in [1.82, 2.24) is 14.3 Å². The molecule has 0 saturated carbocycles. The summed E-state index contributed by atoms with van der Waals surface area (Å²) in [6.45, 7) is 5.53. The van der Waals surface area contributed by atoms with Gasteiger partial charge in [-0.2, -0.15) is 5.10 Å². The third-order valence-corrected chi connectivity index (χ3v) is 5.39. The van der Waals surface area contributed by atoms with E-state index in [1.54, 1.807) is 0 Å². The third-order valence-electron chi connectivity index (χ3n) is 4.80. The second-order valence-electron chi connectivity index (χ2n) is 6.84. The van der Waals surface area contributed by atoms with Crippen LogP contribution in [0.4, 0.5) is 0 Å². The largest absolute Gasteiger partial charge is 0.483 e. The molecule has 2 heterocycles. The molecule has 0 aliphatic heterocycles. The van der Waals surface area contributed by atoms with Crippen molar-refractivity contribution in [2.45, 2.75) is 26.8 Å².